The van der Waals surface area contributed by atoms with Gasteiger partial charge in [-0.25, -0.2) is 0 Å². The van der Waals surface area contributed by atoms with E-state index in [1.165, 1.54) is 10.4 Å². The molecular formula is C11H15NO2S2. The second kappa shape index (κ2) is 5.21. The van der Waals surface area contributed by atoms with Gasteiger partial charge in [-0.2, -0.15) is 11.8 Å². The molecule has 0 spiro atoms. The Labute approximate surface area is 103 Å². The van der Waals surface area contributed by atoms with Gasteiger partial charge in [0, 0.05) is 24.2 Å². The summed E-state index contributed by atoms with van der Waals surface area (Å²) in [5.41, 5.74) is 1.32. The van der Waals surface area contributed by atoms with Crippen LogP contribution in [0.15, 0.2) is 6.07 Å². The van der Waals surface area contributed by atoms with Gasteiger partial charge in [0.15, 0.2) is 0 Å². The number of rotatable bonds is 3. The lowest BCUT2D eigenvalue weighted by atomic mass is 10.2. The number of carbonyl (C=O) groups is 1. The van der Waals surface area contributed by atoms with Crippen molar-refractivity contribution in [3.63, 3.8) is 0 Å². The molecule has 0 bridgehead atoms. The molecule has 3 nitrogen and oxygen atoms in total. The highest BCUT2D eigenvalue weighted by atomic mass is 32.2. The fourth-order valence-electron chi connectivity index (χ4n) is 1.69. The summed E-state index contributed by atoms with van der Waals surface area (Å²) in [5.74, 6) is 2.22. The van der Waals surface area contributed by atoms with Gasteiger partial charge in [-0.3, -0.25) is 4.79 Å². The van der Waals surface area contributed by atoms with E-state index in [9.17, 15) is 4.79 Å². The van der Waals surface area contributed by atoms with Crippen LogP contribution >= 0.6 is 23.1 Å². The van der Waals surface area contributed by atoms with Crippen molar-refractivity contribution in [2.75, 3.05) is 26.0 Å². The number of likely N-dealkylation sites (N-methyl/N-ethyl adjacent to an activating group) is 1. The lowest BCUT2D eigenvalue weighted by molar-refractivity contribution is 0.0771. The van der Waals surface area contributed by atoms with Gasteiger partial charge in [0.1, 0.15) is 0 Å². The van der Waals surface area contributed by atoms with Crippen LogP contribution in [0.5, 0.6) is 0 Å². The summed E-state index contributed by atoms with van der Waals surface area (Å²) in [6.45, 7) is 0.416. The van der Waals surface area contributed by atoms with Gasteiger partial charge < -0.3 is 10.0 Å². The van der Waals surface area contributed by atoms with Crippen LogP contribution in [0.1, 0.15) is 20.1 Å². The fraction of sp³-hybridized carbons (Fsp3) is 0.545. The monoisotopic (exact) mass is 257 g/mol. The Morgan fingerprint density at radius 2 is 2.44 bits per heavy atom. The molecule has 1 amide bonds. The van der Waals surface area contributed by atoms with E-state index in [4.69, 9.17) is 5.11 Å². The Morgan fingerprint density at radius 3 is 3.12 bits per heavy atom. The molecule has 0 radical (unpaired) electrons. The zero-order chi connectivity index (χ0) is 11.5. The van der Waals surface area contributed by atoms with Crippen LogP contribution in [-0.2, 0) is 12.2 Å². The Kier molecular flexibility index (Phi) is 3.89. The minimum Gasteiger partial charge on any atom is -0.395 e. The number of aliphatic hydroxyl groups excluding tert-OH is 1. The molecule has 0 unspecified atom stereocenters. The lowest BCUT2D eigenvalue weighted by Gasteiger charge is -2.13. The number of aliphatic hydroxyl groups is 1. The molecule has 0 atom stereocenters. The number of fused-ring (bicyclic) bond motifs is 1. The van der Waals surface area contributed by atoms with Crippen molar-refractivity contribution in [1.29, 1.82) is 0 Å². The van der Waals surface area contributed by atoms with E-state index in [1.807, 2.05) is 17.8 Å². The first kappa shape index (κ1) is 12.0. The van der Waals surface area contributed by atoms with E-state index < -0.39 is 0 Å². The summed E-state index contributed by atoms with van der Waals surface area (Å²) in [4.78, 5) is 15.7. The van der Waals surface area contributed by atoms with E-state index >= 15 is 0 Å². The van der Waals surface area contributed by atoms with Crippen LogP contribution in [0.2, 0.25) is 0 Å². The smallest absolute Gasteiger partial charge is 0.263 e. The highest BCUT2D eigenvalue weighted by Gasteiger charge is 2.19. The highest BCUT2D eigenvalue weighted by molar-refractivity contribution is 7.98. The molecule has 5 heteroatoms. The maximum absolute atomic E-state index is 12.0. The molecule has 88 valence electrons. The summed E-state index contributed by atoms with van der Waals surface area (Å²) in [6, 6.07) is 2.02. The molecular weight excluding hydrogens is 242 g/mol. The number of amides is 1. The van der Waals surface area contributed by atoms with Crippen LogP contribution in [0.3, 0.4) is 0 Å². The first-order chi connectivity index (χ1) is 7.72. The number of hydrogen-bond donors (Lipinski definition) is 1. The van der Waals surface area contributed by atoms with E-state index in [1.54, 1.807) is 23.3 Å². The third-order valence-electron chi connectivity index (χ3n) is 2.62. The summed E-state index contributed by atoms with van der Waals surface area (Å²) in [5, 5.41) is 8.80. The van der Waals surface area contributed by atoms with Crippen LogP contribution in [0.4, 0.5) is 0 Å². The van der Waals surface area contributed by atoms with Crippen LogP contribution in [-0.4, -0.2) is 41.9 Å². The molecule has 1 aromatic heterocycles. The van der Waals surface area contributed by atoms with Gasteiger partial charge >= 0.3 is 0 Å². The second-order valence-electron chi connectivity index (χ2n) is 3.81. The second-order valence-corrected chi connectivity index (χ2v) is 6.05. The van der Waals surface area contributed by atoms with Gasteiger partial charge in [0.25, 0.3) is 5.91 Å². The third kappa shape index (κ3) is 2.42. The largest absolute Gasteiger partial charge is 0.395 e. The number of hydrogen-bond acceptors (Lipinski definition) is 4. The molecule has 1 aromatic rings. The maximum atomic E-state index is 12.0. The highest BCUT2D eigenvalue weighted by Crippen LogP contribution is 2.32. The standard InChI is InChI=1S/C11H15NO2S2/c1-12(3-4-13)11(14)10-6-8-7-15-5-2-9(8)16-10/h6,13H,2-5,7H2,1H3. The van der Waals surface area contributed by atoms with Crippen molar-refractivity contribution >= 4 is 29.0 Å². The van der Waals surface area contributed by atoms with E-state index in [2.05, 4.69) is 0 Å². The molecule has 0 aliphatic carbocycles. The molecule has 1 aliphatic rings. The van der Waals surface area contributed by atoms with E-state index in [0.29, 0.717) is 6.54 Å². The molecule has 0 aromatic carbocycles. The average Bonchev–Trinajstić information content (AvgIpc) is 2.71. The molecule has 2 rings (SSSR count). The zero-order valence-electron chi connectivity index (χ0n) is 9.23. The van der Waals surface area contributed by atoms with E-state index in [-0.39, 0.29) is 12.5 Å². The van der Waals surface area contributed by atoms with Crippen molar-refractivity contribution in [2.45, 2.75) is 12.2 Å². The SMILES string of the molecule is CN(CCO)C(=O)c1cc2c(s1)CCSC2. The van der Waals surface area contributed by atoms with Gasteiger partial charge in [-0.05, 0) is 23.8 Å². The minimum atomic E-state index is 0.0170. The van der Waals surface area contributed by atoms with Crippen LogP contribution in [0.25, 0.3) is 0 Å². The summed E-state index contributed by atoms with van der Waals surface area (Å²) in [7, 11) is 1.73. The number of thioether (sulfide) groups is 1. The van der Waals surface area contributed by atoms with Crippen LogP contribution < -0.4 is 0 Å². The topological polar surface area (TPSA) is 40.5 Å². The predicted molar refractivity (Wildman–Crippen MR) is 68.2 cm³/mol. The predicted octanol–water partition coefficient (Wildman–Crippen LogP) is 1.60. The normalized spacial score (nSPS) is 14.6. The number of aryl methyl sites for hydroxylation is 1. The molecule has 1 N–H and O–H groups in total. The number of thiophene rings is 1. The molecule has 2 heterocycles. The van der Waals surface area contributed by atoms with Gasteiger partial charge in [-0.1, -0.05) is 0 Å². The minimum absolute atomic E-state index is 0.0170. The van der Waals surface area contributed by atoms with Crippen LogP contribution in [0, 0.1) is 0 Å². The third-order valence-corrected chi connectivity index (χ3v) is 4.85. The Morgan fingerprint density at radius 1 is 1.62 bits per heavy atom. The quantitative estimate of drug-likeness (QED) is 0.894. The summed E-state index contributed by atoms with van der Waals surface area (Å²) < 4.78 is 0. The van der Waals surface area contributed by atoms with E-state index in [0.717, 1.165) is 22.8 Å². The first-order valence-corrected chi connectivity index (χ1v) is 7.25. The average molecular weight is 257 g/mol. The maximum Gasteiger partial charge on any atom is 0.263 e. The van der Waals surface area contributed by atoms with Crippen molar-refractivity contribution in [2.24, 2.45) is 0 Å². The Balaban J connectivity index is 2.14. The van der Waals surface area contributed by atoms with Crippen molar-refractivity contribution in [3.05, 3.63) is 21.4 Å². The molecule has 0 fully saturated rings. The fourth-order valence-corrected chi connectivity index (χ4v) is 4.06. The number of carbonyl (C=O) groups excluding carboxylic acids is 1. The first-order valence-electron chi connectivity index (χ1n) is 5.28. The molecule has 0 saturated carbocycles. The summed E-state index contributed by atoms with van der Waals surface area (Å²) in [6.07, 6.45) is 1.08. The zero-order valence-corrected chi connectivity index (χ0v) is 10.9. The van der Waals surface area contributed by atoms with Gasteiger partial charge in [0.05, 0.1) is 11.5 Å². The van der Waals surface area contributed by atoms with Crippen molar-refractivity contribution in [1.82, 2.24) is 4.90 Å². The Hall–Kier alpha value is -0.520. The summed E-state index contributed by atoms with van der Waals surface area (Å²) >= 11 is 3.53. The molecule has 16 heavy (non-hydrogen) atoms. The molecule has 1 aliphatic heterocycles. The van der Waals surface area contributed by atoms with Gasteiger partial charge in [-0.15, -0.1) is 11.3 Å². The van der Waals surface area contributed by atoms with Crippen molar-refractivity contribution < 1.29 is 9.90 Å². The van der Waals surface area contributed by atoms with Crippen molar-refractivity contribution in [3.8, 4) is 0 Å². The number of nitrogens with zero attached hydrogens (tertiary/aromatic N) is 1. The lowest BCUT2D eigenvalue weighted by Crippen LogP contribution is -2.28. The molecule has 0 saturated heterocycles. The Bertz CT molecular complexity index is 366. The van der Waals surface area contributed by atoms with Gasteiger partial charge in [0.2, 0.25) is 0 Å².